The third-order valence-corrected chi connectivity index (χ3v) is 6.53. The van der Waals surface area contributed by atoms with Gasteiger partial charge in [0.1, 0.15) is 5.01 Å². The third-order valence-electron chi connectivity index (χ3n) is 4.35. The molecule has 0 atom stereocenters. The fourth-order valence-electron chi connectivity index (χ4n) is 2.95. The molecule has 8 heteroatoms. The fourth-order valence-corrected chi connectivity index (χ4v) is 4.59. The molecule has 2 heterocycles. The molecular weight excluding hydrogens is 404 g/mol. The summed E-state index contributed by atoms with van der Waals surface area (Å²) < 4.78 is 1.35. The Morgan fingerprint density at radius 1 is 1.21 bits per heavy atom. The van der Waals surface area contributed by atoms with Crippen molar-refractivity contribution in [3.8, 4) is 0 Å². The molecule has 0 aliphatic rings. The van der Waals surface area contributed by atoms with E-state index in [-0.39, 0.29) is 23.1 Å². The van der Waals surface area contributed by atoms with Crippen molar-refractivity contribution in [3.05, 3.63) is 69.6 Å². The number of rotatable bonds is 6. The van der Waals surface area contributed by atoms with Crippen LogP contribution in [0.1, 0.15) is 30.5 Å². The predicted octanol–water partition coefficient (Wildman–Crippen LogP) is 4.30. The molecule has 1 amide bonds. The van der Waals surface area contributed by atoms with E-state index < -0.39 is 0 Å². The highest BCUT2D eigenvalue weighted by atomic mass is 32.2. The number of carbonyl (C=O) groups excluding carboxylic acids is 1. The number of aromatic nitrogens is 3. The average molecular weight is 425 g/mol. The van der Waals surface area contributed by atoms with Crippen LogP contribution < -0.4 is 10.9 Å². The molecule has 29 heavy (non-hydrogen) atoms. The van der Waals surface area contributed by atoms with Crippen molar-refractivity contribution in [2.75, 3.05) is 11.1 Å². The van der Waals surface area contributed by atoms with Gasteiger partial charge in [-0.3, -0.25) is 9.59 Å². The highest BCUT2D eigenvalue weighted by molar-refractivity contribution is 7.99. The summed E-state index contributed by atoms with van der Waals surface area (Å²) in [6.45, 7) is 4.07. The van der Waals surface area contributed by atoms with Crippen LogP contribution >= 0.6 is 23.1 Å². The minimum Gasteiger partial charge on any atom is -0.325 e. The monoisotopic (exact) mass is 424 g/mol. The summed E-state index contributed by atoms with van der Waals surface area (Å²) >= 11 is 2.86. The summed E-state index contributed by atoms with van der Waals surface area (Å²) in [7, 11) is 0. The molecule has 0 unspecified atom stereocenters. The number of fused-ring (bicyclic) bond motifs is 2. The fraction of sp³-hybridized carbons (Fsp3) is 0.238. The van der Waals surface area contributed by atoms with E-state index in [1.165, 1.54) is 33.7 Å². The Balaban J connectivity index is 1.41. The Morgan fingerprint density at radius 2 is 2.00 bits per heavy atom. The lowest BCUT2D eigenvalue weighted by molar-refractivity contribution is -0.113. The van der Waals surface area contributed by atoms with Gasteiger partial charge in [-0.1, -0.05) is 61.6 Å². The molecule has 0 saturated carbocycles. The van der Waals surface area contributed by atoms with Gasteiger partial charge in [0.2, 0.25) is 10.9 Å². The van der Waals surface area contributed by atoms with Gasteiger partial charge in [0, 0.05) is 28.8 Å². The van der Waals surface area contributed by atoms with Gasteiger partial charge in [0.25, 0.3) is 5.56 Å². The summed E-state index contributed by atoms with van der Waals surface area (Å²) in [6.07, 6.45) is 0. The van der Waals surface area contributed by atoms with Crippen molar-refractivity contribution in [1.29, 1.82) is 0 Å². The van der Waals surface area contributed by atoms with E-state index >= 15 is 0 Å². The van der Waals surface area contributed by atoms with E-state index in [0.29, 0.717) is 16.4 Å². The normalized spacial score (nSPS) is 11.4. The maximum absolute atomic E-state index is 12.4. The number of hydrogen-bond donors (Lipinski definition) is 1. The van der Waals surface area contributed by atoms with E-state index in [1.807, 2.05) is 56.3 Å². The second-order valence-electron chi connectivity index (χ2n) is 6.94. The van der Waals surface area contributed by atoms with Crippen LogP contribution in [0.4, 0.5) is 5.69 Å². The predicted molar refractivity (Wildman–Crippen MR) is 120 cm³/mol. The number of hydrogen-bond acceptors (Lipinski definition) is 6. The Bertz CT molecular complexity index is 1240. The van der Waals surface area contributed by atoms with E-state index in [2.05, 4.69) is 15.4 Å². The van der Waals surface area contributed by atoms with Crippen molar-refractivity contribution in [1.82, 2.24) is 14.6 Å². The van der Waals surface area contributed by atoms with Gasteiger partial charge in [0.05, 0.1) is 11.4 Å². The van der Waals surface area contributed by atoms with Crippen molar-refractivity contribution >= 4 is 50.4 Å². The summed E-state index contributed by atoms with van der Waals surface area (Å²) in [5, 5.41) is 10.3. The SMILES string of the molecule is CC(C)c1nn2c(=O)cc(CSCC(=O)Nc3cccc4ccccc34)nc2s1. The molecule has 0 bridgehead atoms. The van der Waals surface area contributed by atoms with Gasteiger partial charge < -0.3 is 5.32 Å². The van der Waals surface area contributed by atoms with Gasteiger partial charge in [-0.15, -0.1) is 11.8 Å². The minimum atomic E-state index is -0.186. The lowest BCUT2D eigenvalue weighted by Crippen LogP contribution is -2.16. The quantitative estimate of drug-likeness (QED) is 0.499. The van der Waals surface area contributed by atoms with E-state index in [1.54, 1.807) is 0 Å². The molecule has 0 fully saturated rings. The third kappa shape index (κ3) is 4.33. The van der Waals surface area contributed by atoms with Crippen LogP contribution in [0.3, 0.4) is 0 Å². The molecule has 4 rings (SSSR count). The molecule has 1 N–H and O–H groups in total. The topological polar surface area (TPSA) is 76.4 Å². The number of amides is 1. The standard InChI is InChI=1S/C21H20N4O2S2/c1-13(2)20-24-25-19(27)10-15(22-21(25)29-20)11-28-12-18(26)23-17-9-5-7-14-6-3-4-8-16(14)17/h3-10,13H,11-12H2,1-2H3,(H,23,26). The largest absolute Gasteiger partial charge is 0.325 e. The molecule has 2 aromatic carbocycles. The number of thioether (sulfide) groups is 1. The first-order valence-electron chi connectivity index (χ1n) is 9.26. The van der Waals surface area contributed by atoms with Gasteiger partial charge in [-0.05, 0) is 11.5 Å². The maximum Gasteiger partial charge on any atom is 0.275 e. The zero-order valence-electron chi connectivity index (χ0n) is 16.1. The van der Waals surface area contributed by atoms with Crippen LogP contribution in [0.25, 0.3) is 15.7 Å². The number of benzene rings is 2. The molecule has 0 aliphatic carbocycles. The first-order chi connectivity index (χ1) is 14.0. The maximum atomic E-state index is 12.4. The smallest absolute Gasteiger partial charge is 0.275 e. The first-order valence-corrected chi connectivity index (χ1v) is 11.2. The van der Waals surface area contributed by atoms with E-state index in [0.717, 1.165) is 21.5 Å². The van der Waals surface area contributed by atoms with E-state index in [4.69, 9.17) is 0 Å². The van der Waals surface area contributed by atoms with Crippen LogP contribution in [0.2, 0.25) is 0 Å². The summed E-state index contributed by atoms with van der Waals surface area (Å²) in [5.74, 6) is 0.939. The van der Waals surface area contributed by atoms with Gasteiger partial charge in [0.15, 0.2) is 0 Å². The van der Waals surface area contributed by atoms with Crippen molar-refractivity contribution < 1.29 is 4.79 Å². The Kier molecular flexibility index (Phi) is 5.64. The highest BCUT2D eigenvalue weighted by Crippen LogP contribution is 2.24. The van der Waals surface area contributed by atoms with Crippen LogP contribution in [0, 0.1) is 0 Å². The van der Waals surface area contributed by atoms with Crippen molar-refractivity contribution in [2.24, 2.45) is 0 Å². The van der Waals surface area contributed by atoms with Crippen LogP contribution in [0.5, 0.6) is 0 Å². The zero-order chi connectivity index (χ0) is 20.4. The molecule has 4 aromatic rings. The molecule has 0 saturated heterocycles. The summed E-state index contributed by atoms with van der Waals surface area (Å²) in [5.41, 5.74) is 1.28. The molecule has 6 nitrogen and oxygen atoms in total. The number of nitrogens with zero attached hydrogens (tertiary/aromatic N) is 3. The van der Waals surface area contributed by atoms with Crippen LogP contribution in [-0.4, -0.2) is 26.3 Å². The molecule has 0 aliphatic heterocycles. The van der Waals surface area contributed by atoms with Gasteiger partial charge in [-0.2, -0.15) is 9.61 Å². The van der Waals surface area contributed by atoms with E-state index in [9.17, 15) is 9.59 Å². The molecule has 0 radical (unpaired) electrons. The molecule has 0 spiro atoms. The van der Waals surface area contributed by atoms with Crippen molar-refractivity contribution in [3.63, 3.8) is 0 Å². The minimum absolute atomic E-state index is 0.0796. The summed E-state index contributed by atoms with van der Waals surface area (Å²) in [6, 6.07) is 15.3. The lowest BCUT2D eigenvalue weighted by Gasteiger charge is -2.08. The molecule has 2 aromatic heterocycles. The van der Waals surface area contributed by atoms with Gasteiger partial charge in [-0.25, -0.2) is 4.98 Å². The number of anilines is 1. The zero-order valence-corrected chi connectivity index (χ0v) is 17.7. The van der Waals surface area contributed by atoms with Gasteiger partial charge >= 0.3 is 0 Å². The Hall–Kier alpha value is -2.71. The highest BCUT2D eigenvalue weighted by Gasteiger charge is 2.12. The second-order valence-corrected chi connectivity index (χ2v) is 8.92. The van der Waals surface area contributed by atoms with Crippen LogP contribution in [0.15, 0.2) is 53.3 Å². The second kappa shape index (κ2) is 8.34. The lowest BCUT2D eigenvalue weighted by atomic mass is 10.1. The molecular formula is C21H20N4O2S2. The summed E-state index contributed by atoms with van der Waals surface area (Å²) in [4.78, 5) is 29.8. The molecule has 148 valence electrons. The first kappa shape index (κ1) is 19.6. The Labute approximate surface area is 176 Å². The Morgan fingerprint density at radius 3 is 2.83 bits per heavy atom. The van der Waals surface area contributed by atoms with Crippen LogP contribution in [-0.2, 0) is 10.5 Å². The van der Waals surface area contributed by atoms with Crippen molar-refractivity contribution in [2.45, 2.75) is 25.5 Å². The number of carbonyl (C=O) groups is 1. The average Bonchev–Trinajstić information content (AvgIpc) is 3.14. The number of nitrogens with one attached hydrogen (secondary N) is 1.